The zero-order valence-electron chi connectivity index (χ0n) is 22.3. The van der Waals surface area contributed by atoms with E-state index >= 15 is 0 Å². The first-order valence-electron chi connectivity index (χ1n) is 13.5. The second kappa shape index (κ2) is 10.5. The van der Waals surface area contributed by atoms with E-state index in [-0.39, 0.29) is 36.1 Å². The number of pyridine rings is 1. The normalized spacial score (nSPS) is 24.9. The highest BCUT2D eigenvalue weighted by atomic mass is 32.2. The van der Waals surface area contributed by atoms with Crippen LogP contribution in [0.4, 0.5) is 0 Å². The number of piperidine rings is 1. The Bertz CT molecular complexity index is 1490. The van der Waals surface area contributed by atoms with Crippen LogP contribution < -0.4 is 10.1 Å². The van der Waals surface area contributed by atoms with Crippen LogP contribution in [0.15, 0.2) is 53.8 Å². The molecule has 0 saturated carbocycles. The van der Waals surface area contributed by atoms with Gasteiger partial charge in [0.2, 0.25) is 15.9 Å². The van der Waals surface area contributed by atoms with Crippen molar-refractivity contribution in [3.63, 3.8) is 0 Å². The quantitative estimate of drug-likeness (QED) is 0.473. The van der Waals surface area contributed by atoms with Crippen molar-refractivity contribution in [1.82, 2.24) is 34.3 Å². The van der Waals surface area contributed by atoms with Crippen molar-refractivity contribution in [2.24, 2.45) is 7.05 Å². The molecule has 40 heavy (non-hydrogen) atoms. The molecule has 212 valence electrons. The zero-order valence-corrected chi connectivity index (χ0v) is 23.1. The number of amides is 1. The summed E-state index contributed by atoms with van der Waals surface area (Å²) in [6, 6.07) is 9.66. The summed E-state index contributed by atoms with van der Waals surface area (Å²) in [5.74, 6) is 0.386. The van der Waals surface area contributed by atoms with Gasteiger partial charge in [0, 0.05) is 63.4 Å². The van der Waals surface area contributed by atoms with E-state index in [1.807, 2.05) is 18.2 Å². The minimum Gasteiger partial charge on any atom is -0.492 e. The van der Waals surface area contributed by atoms with Crippen LogP contribution in [0.5, 0.6) is 5.75 Å². The minimum atomic E-state index is -4.15. The summed E-state index contributed by atoms with van der Waals surface area (Å²) < 4.78 is 36.7. The van der Waals surface area contributed by atoms with Crippen molar-refractivity contribution in [2.45, 2.75) is 54.8 Å². The Morgan fingerprint density at radius 3 is 2.70 bits per heavy atom. The van der Waals surface area contributed by atoms with Crippen LogP contribution in [0.3, 0.4) is 0 Å². The van der Waals surface area contributed by atoms with Crippen molar-refractivity contribution in [3.8, 4) is 17.1 Å². The number of aromatic nitrogens is 4. The minimum absolute atomic E-state index is 0.0357. The van der Waals surface area contributed by atoms with Crippen molar-refractivity contribution in [2.75, 3.05) is 26.2 Å². The first-order valence-corrected chi connectivity index (χ1v) is 14.9. The van der Waals surface area contributed by atoms with Crippen LogP contribution in [0.25, 0.3) is 11.4 Å². The average molecular weight is 568 g/mol. The highest BCUT2D eigenvalue weighted by Crippen LogP contribution is 2.37. The molecular formula is C27H33N7O5S. The van der Waals surface area contributed by atoms with Crippen LogP contribution >= 0.6 is 0 Å². The molecule has 0 unspecified atom stereocenters. The lowest BCUT2D eigenvalue weighted by Gasteiger charge is -2.43. The van der Waals surface area contributed by atoms with E-state index < -0.39 is 27.7 Å². The maximum absolute atomic E-state index is 13.9. The molecule has 2 N–H and O–H groups in total. The molecule has 12 nitrogen and oxygen atoms in total. The number of sulfonamides is 1. The Hall–Kier alpha value is -3.39. The van der Waals surface area contributed by atoms with Gasteiger partial charge in [-0.1, -0.05) is 6.07 Å². The fourth-order valence-electron chi connectivity index (χ4n) is 5.94. The molecule has 2 fully saturated rings. The van der Waals surface area contributed by atoms with Crippen molar-refractivity contribution in [1.29, 1.82) is 0 Å². The van der Waals surface area contributed by atoms with E-state index in [9.17, 15) is 18.3 Å². The first kappa shape index (κ1) is 26.8. The van der Waals surface area contributed by atoms with Crippen LogP contribution in [0.1, 0.15) is 31.4 Å². The smallest absolute Gasteiger partial charge is 0.247 e. The number of hydrogen-bond donors (Lipinski definition) is 2. The fourth-order valence-corrected chi connectivity index (χ4v) is 7.69. The number of aryl methyl sites for hydroxylation is 1. The van der Waals surface area contributed by atoms with E-state index in [1.54, 1.807) is 30.1 Å². The van der Waals surface area contributed by atoms with E-state index in [0.29, 0.717) is 30.7 Å². The number of carbonyl (C=O) groups is 1. The molecule has 3 aliphatic heterocycles. The number of hydrogen-bond acceptors (Lipinski definition) is 9. The van der Waals surface area contributed by atoms with Gasteiger partial charge in [-0.2, -0.15) is 9.40 Å². The zero-order chi connectivity index (χ0) is 27.9. The summed E-state index contributed by atoms with van der Waals surface area (Å²) in [5.41, 5.74) is 1.09. The Labute approximate surface area is 233 Å². The molecule has 0 bridgehead atoms. The van der Waals surface area contributed by atoms with Gasteiger partial charge in [-0.15, -0.1) is 0 Å². The van der Waals surface area contributed by atoms with Gasteiger partial charge in [0.05, 0.1) is 18.4 Å². The number of likely N-dealkylation sites (tertiary alicyclic amines) is 1. The summed E-state index contributed by atoms with van der Waals surface area (Å²) in [6.45, 7) is 2.28. The molecule has 1 spiro atoms. The number of fused-ring (bicyclic) bond motifs is 2. The van der Waals surface area contributed by atoms with Gasteiger partial charge in [0.15, 0.2) is 5.82 Å². The number of nitrogens with one attached hydrogen (secondary N) is 1. The standard InChI is InChI=1S/C27H33N7O5S/c1-32-25(29-18-30-32)19-5-6-24-23(14-19)39-13-9-27(7-11-33(12-8-27)16-20-4-2-3-10-28-20)31-26(36)22-15-21(35)17-34(22)40(24,37)38/h2-6,10,14,18,21-22,35H,7-9,11-13,15-17H2,1H3,(H,31,36)/t21-,22+/m1/s1. The highest BCUT2D eigenvalue weighted by molar-refractivity contribution is 7.89. The van der Waals surface area contributed by atoms with Crippen LogP contribution in [-0.2, 0) is 28.4 Å². The first-order chi connectivity index (χ1) is 19.2. The third-order valence-corrected chi connectivity index (χ3v) is 10.1. The van der Waals surface area contributed by atoms with Gasteiger partial charge in [-0.3, -0.25) is 14.7 Å². The predicted octanol–water partition coefficient (Wildman–Crippen LogP) is 0.935. The van der Waals surface area contributed by atoms with E-state index in [4.69, 9.17) is 4.74 Å². The van der Waals surface area contributed by atoms with Gasteiger partial charge in [-0.05, 0) is 43.2 Å². The fraction of sp³-hybridized carbons (Fsp3) is 0.481. The SMILES string of the molecule is Cn1ncnc1-c1ccc2c(c1)OCCC1(CCN(Cc3ccccn3)CC1)NC(=O)[C@@H]1C[C@@H](O)CN1S2(=O)=O. The monoisotopic (exact) mass is 567 g/mol. The lowest BCUT2D eigenvalue weighted by Crippen LogP contribution is -2.59. The van der Waals surface area contributed by atoms with Crippen LogP contribution in [0, 0.1) is 0 Å². The Kier molecular flexibility index (Phi) is 7.07. The summed E-state index contributed by atoms with van der Waals surface area (Å²) in [7, 11) is -2.40. The second-order valence-electron chi connectivity index (χ2n) is 10.8. The Balaban J connectivity index is 1.31. The maximum atomic E-state index is 13.9. The van der Waals surface area contributed by atoms with E-state index in [0.717, 1.165) is 29.6 Å². The molecule has 2 atom stereocenters. The molecule has 1 aromatic carbocycles. The number of rotatable bonds is 3. The van der Waals surface area contributed by atoms with Gasteiger partial charge in [0.25, 0.3) is 0 Å². The van der Waals surface area contributed by atoms with Gasteiger partial charge in [0.1, 0.15) is 23.0 Å². The molecule has 13 heteroatoms. The molecule has 6 rings (SSSR count). The van der Waals surface area contributed by atoms with Gasteiger partial charge in [-0.25, -0.2) is 18.1 Å². The van der Waals surface area contributed by atoms with Crippen molar-refractivity contribution in [3.05, 3.63) is 54.6 Å². The number of nitrogens with zero attached hydrogens (tertiary/aromatic N) is 6. The van der Waals surface area contributed by atoms with Gasteiger partial charge < -0.3 is 15.2 Å². The molecule has 0 radical (unpaired) electrons. The predicted molar refractivity (Wildman–Crippen MR) is 144 cm³/mol. The summed E-state index contributed by atoms with van der Waals surface area (Å²) >= 11 is 0. The number of carbonyl (C=O) groups excluding carboxylic acids is 1. The molecule has 3 aromatic rings. The number of aliphatic hydroxyl groups is 1. The number of benzene rings is 1. The molecular weight excluding hydrogens is 534 g/mol. The summed E-state index contributed by atoms with van der Waals surface area (Å²) in [6.07, 6.45) is 4.20. The lowest BCUT2D eigenvalue weighted by molar-refractivity contribution is -0.127. The van der Waals surface area contributed by atoms with E-state index in [2.05, 4.69) is 25.3 Å². The summed E-state index contributed by atoms with van der Waals surface area (Å²) in [5, 5.41) is 17.8. The third-order valence-electron chi connectivity index (χ3n) is 8.19. The topological polar surface area (TPSA) is 143 Å². The molecule has 3 aliphatic rings. The van der Waals surface area contributed by atoms with Crippen LogP contribution in [-0.4, -0.2) is 92.3 Å². The van der Waals surface area contributed by atoms with Crippen molar-refractivity contribution >= 4 is 15.9 Å². The maximum Gasteiger partial charge on any atom is 0.247 e. The van der Waals surface area contributed by atoms with Crippen molar-refractivity contribution < 1.29 is 23.1 Å². The van der Waals surface area contributed by atoms with E-state index in [1.165, 1.54) is 12.4 Å². The summed E-state index contributed by atoms with van der Waals surface area (Å²) in [4.78, 5) is 24.6. The average Bonchev–Trinajstić information content (AvgIpc) is 3.56. The largest absolute Gasteiger partial charge is 0.492 e. The Morgan fingerprint density at radius 2 is 1.98 bits per heavy atom. The number of aliphatic hydroxyl groups excluding tert-OH is 1. The third kappa shape index (κ3) is 5.09. The molecule has 0 aliphatic carbocycles. The molecule has 2 saturated heterocycles. The van der Waals surface area contributed by atoms with Gasteiger partial charge >= 0.3 is 0 Å². The van der Waals surface area contributed by atoms with Crippen LogP contribution in [0.2, 0.25) is 0 Å². The molecule has 2 aromatic heterocycles. The lowest BCUT2D eigenvalue weighted by atomic mass is 9.84. The number of ether oxygens (including phenoxy) is 1. The second-order valence-corrected chi connectivity index (χ2v) is 12.7. The Morgan fingerprint density at radius 1 is 1.15 bits per heavy atom. The molecule has 1 amide bonds. The highest BCUT2D eigenvalue weighted by Gasteiger charge is 2.47. The molecule has 5 heterocycles.